The summed E-state index contributed by atoms with van der Waals surface area (Å²) in [6.45, 7) is 5.93. The zero-order valence-corrected chi connectivity index (χ0v) is 19.6. The summed E-state index contributed by atoms with van der Waals surface area (Å²) in [6.07, 6.45) is 3.59. The monoisotopic (exact) mass is 452 g/mol. The first-order chi connectivity index (χ1) is 14.8. The first-order valence-corrected chi connectivity index (χ1v) is 11.3. The van der Waals surface area contributed by atoms with Crippen molar-refractivity contribution in [3.63, 3.8) is 0 Å². The lowest BCUT2D eigenvalue weighted by molar-refractivity contribution is -0.153. The van der Waals surface area contributed by atoms with Crippen LogP contribution >= 0.6 is 11.6 Å². The fraction of sp³-hybridized carbons (Fsp3) is 0.609. The Labute approximate surface area is 189 Å². The number of hydrogen-bond acceptors (Lipinski definition) is 5. The molecule has 0 aliphatic heterocycles. The fourth-order valence-corrected chi connectivity index (χ4v) is 4.43. The van der Waals surface area contributed by atoms with Gasteiger partial charge >= 0.3 is 12.0 Å². The van der Waals surface area contributed by atoms with Crippen LogP contribution in [0, 0.1) is 0 Å². The van der Waals surface area contributed by atoms with Gasteiger partial charge in [-0.15, -0.1) is 0 Å². The van der Waals surface area contributed by atoms with Crippen LogP contribution in [0.2, 0.25) is 5.02 Å². The lowest BCUT2D eigenvalue weighted by atomic mass is 9.80. The molecule has 1 fully saturated rings. The second-order valence-corrected chi connectivity index (χ2v) is 8.26. The molecule has 0 saturated heterocycles. The summed E-state index contributed by atoms with van der Waals surface area (Å²) in [7, 11) is 1.63. The Kier molecular flexibility index (Phi) is 9.32. The van der Waals surface area contributed by atoms with Crippen LogP contribution < -0.4 is 10.6 Å². The van der Waals surface area contributed by atoms with E-state index in [1.54, 1.807) is 14.0 Å². The number of imide groups is 1. The number of aryl methyl sites for hydroxylation is 2. The molecule has 1 aromatic carbocycles. The molecular formula is C23H33ClN2O5. The molecule has 0 spiro atoms. The van der Waals surface area contributed by atoms with Gasteiger partial charge in [0.15, 0.2) is 0 Å². The third kappa shape index (κ3) is 6.43. The SMILES string of the molecule is CCOC(=O)C1(NC(=O)NC(=O)Cc2c(CC)cc(Cl)cc2CC)CCC(OC)CC1. The molecule has 0 aromatic heterocycles. The smallest absolute Gasteiger partial charge is 0.331 e. The molecule has 1 aliphatic carbocycles. The average Bonchev–Trinajstić information content (AvgIpc) is 2.74. The molecule has 0 atom stereocenters. The van der Waals surface area contributed by atoms with Gasteiger partial charge < -0.3 is 14.8 Å². The summed E-state index contributed by atoms with van der Waals surface area (Å²) in [5.41, 5.74) is 1.71. The van der Waals surface area contributed by atoms with Gasteiger partial charge in [0.2, 0.25) is 5.91 Å². The maximum Gasteiger partial charge on any atom is 0.331 e. The summed E-state index contributed by atoms with van der Waals surface area (Å²) in [6, 6.07) is 3.01. The standard InChI is InChI=1S/C23H33ClN2O5/c1-5-15-12-17(24)13-16(6-2)19(15)14-20(27)25-22(29)26-23(21(28)31-7-3)10-8-18(30-4)9-11-23/h12-13,18H,5-11,14H2,1-4H3,(H2,25,26,27,29). The Bertz CT molecular complexity index is 778. The Morgan fingerprint density at radius 1 is 1.10 bits per heavy atom. The molecule has 2 rings (SSSR count). The van der Waals surface area contributed by atoms with Crippen molar-refractivity contribution in [2.45, 2.75) is 77.4 Å². The van der Waals surface area contributed by atoms with Crippen molar-refractivity contribution in [3.05, 3.63) is 33.8 Å². The van der Waals surface area contributed by atoms with Gasteiger partial charge in [0.1, 0.15) is 5.54 Å². The van der Waals surface area contributed by atoms with Crippen molar-refractivity contribution < 1.29 is 23.9 Å². The highest BCUT2D eigenvalue weighted by Gasteiger charge is 2.44. The van der Waals surface area contributed by atoms with Crippen molar-refractivity contribution in [1.29, 1.82) is 0 Å². The lowest BCUT2D eigenvalue weighted by Crippen LogP contribution is -2.60. The molecule has 1 aromatic rings. The van der Waals surface area contributed by atoms with E-state index in [0.717, 1.165) is 29.5 Å². The van der Waals surface area contributed by atoms with E-state index in [1.807, 2.05) is 26.0 Å². The number of methoxy groups -OCH3 is 1. The number of esters is 1. The van der Waals surface area contributed by atoms with Gasteiger partial charge in [0, 0.05) is 12.1 Å². The Balaban J connectivity index is 2.10. The molecule has 0 bridgehead atoms. The zero-order valence-electron chi connectivity index (χ0n) is 18.8. The molecule has 172 valence electrons. The highest BCUT2D eigenvalue weighted by Crippen LogP contribution is 2.31. The molecule has 31 heavy (non-hydrogen) atoms. The number of carbonyl (C=O) groups is 3. The number of amides is 3. The minimum absolute atomic E-state index is 0.0406. The van der Waals surface area contributed by atoms with Crippen LogP contribution in [0.3, 0.4) is 0 Å². The average molecular weight is 453 g/mol. The number of nitrogens with one attached hydrogen (secondary N) is 2. The number of hydrogen-bond donors (Lipinski definition) is 2. The van der Waals surface area contributed by atoms with Crippen molar-refractivity contribution in [2.75, 3.05) is 13.7 Å². The van der Waals surface area contributed by atoms with Crippen LogP contribution in [-0.4, -0.2) is 43.3 Å². The van der Waals surface area contributed by atoms with Gasteiger partial charge in [-0.2, -0.15) is 0 Å². The molecule has 1 saturated carbocycles. The number of rotatable bonds is 8. The first-order valence-electron chi connectivity index (χ1n) is 10.9. The highest BCUT2D eigenvalue weighted by molar-refractivity contribution is 6.30. The zero-order chi connectivity index (χ0) is 23.0. The van der Waals surface area contributed by atoms with Gasteiger partial charge in [-0.05, 0) is 74.3 Å². The van der Waals surface area contributed by atoms with E-state index in [-0.39, 0.29) is 19.1 Å². The van der Waals surface area contributed by atoms with E-state index >= 15 is 0 Å². The molecular weight excluding hydrogens is 420 g/mol. The molecule has 8 heteroatoms. The number of halogens is 1. The van der Waals surface area contributed by atoms with Crippen molar-refractivity contribution >= 4 is 29.5 Å². The third-order valence-corrected chi connectivity index (χ3v) is 6.11. The van der Waals surface area contributed by atoms with Crippen LogP contribution in [0.25, 0.3) is 0 Å². The van der Waals surface area contributed by atoms with Gasteiger partial charge in [0.25, 0.3) is 0 Å². The van der Waals surface area contributed by atoms with Crippen LogP contribution in [0.1, 0.15) is 63.1 Å². The van der Waals surface area contributed by atoms with Crippen LogP contribution in [0.15, 0.2) is 12.1 Å². The fourth-order valence-electron chi connectivity index (χ4n) is 4.16. The summed E-state index contributed by atoms with van der Waals surface area (Å²) < 4.78 is 10.6. The van der Waals surface area contributed by atoms with E-state index < -0.39 is 23.4 Å². The molecule has 2 N–H and O–H groups in total. The predicted octanol–water partition coefficient (Wildman–Crippen LogP) is 3.72. The maximum atomic E-state index is 12.6. The number of ether oxygens (including phenoxy) is 2. The number of urea groups is 1. The lowest BCUT2D eigenvalue weighted by Gasteiger charge is -2.38. The third-order valence-electron chi connectivity index (χ3n) is 5.89. The minimum Gasteiger partial charge on any atom is -0.464 e. The quantitative estimate of drug-likeness (QED) is 0.586. The summed E-state index contributed by atoms with van der Waals surface area (Å²) in [5, 5.41) is 5.74. The van der Waals surface area contributed by atoms with Crippen molar-refractivity contribution in [3.8, 4) is 0 Å². The largest absolute Gasteiger partial charge is 0.464 e. The summed E-state index contributed by atoms with van der Waals surface area (Å²) >= 11 is 6.18. The van der Waals surface area contributed by atoms with E-state index in [0.29, 0.717) is 30.7 Å². The molecule has 0 heterocycles. The normalized spacial score (nSPS) is 20.7. The maximum absolute atomic E-state index is 12.6. The van der Waals surface area contributed by atoms with Gasteiger partial charge in [-0.3, -0.25) is 10.1 Å². The highest BCUT2D eigenvalue weighted by atomic mass is 35.5. The second-order valence-electron chi connectivity index (χ2n) is 7.83. The molecule has 1 aliphatic rings. The first kappa shape index (κ1) is 25.1. The number of benzene rings is 1. The minimum atomic E-state index is -1.15. The van der Waals surface area contributed by atoms with Gasteiger partial charge in [-0.1, -0.05) is 25.4 Å². The second kappa shape index (κ2) is 11.5. The van der Waals surface area contributed by atoms with E-state index in [9.17, 15) is 14.4 Å². The van der Waals surface area contributed by atoms with Gasteiger partial charge in [-0.25, -0.2) is 9.59 Å². The Hall–Kier alpha value is -2.12. The molecule has 3 amide bonds. The van der Waals surface area contributed by atoms with Crippen LogP contribution in [-0.2, 0) is 38.3 Å². The van der Waals surface area contributed by atoms with Crippen molar-refractivity contribution in [2.24, 2.45) is 0 Å². The summed E-state index contributed by atoms with van der Waals surface area (Å²) in [5.74, 6) is -0.916. The predicted molar refractivity (Wildman–Crippen MR) is 119 cm³/mol. The Morgan fingerprint density at radius 3 is 2.16 bits per heavy atom. The number of carbonyl (C=O) groups excluding carboxylic acids is 3. The Morgan fingerprint density at radius 2 is 1.68 bits per heavy atom. The van der Waals surface area contributed by atoms with Crippen molar-refractivity contribution in [1.82, 2.24) is 10.6 Å². The van der Waals surface area contributed by atoms with E-state index in [4.69, 9.17) is 21.1 Å². The van der Waals surface area contributed by atoms with E-state index in [2.05, 4.69) is 10.6 Å². The summed E-state index contributed by atoms with van der Waals surface area (Å²) in [4.78, 5) is 37.9. The molecule has 0 radical (unpaired) electrons. The van der Waals surface area contributed by atoms with Gasteiger partial charge in [0.05, 0.1) is 19.1 Å². The molecule has 7 nitrogen and oxygen atoms in total. The van der Waals surface area contributed by atoms with E-state index in [1.165, 1.54) is 0 Å². The molecule has 0 unspecified atom stereocenters. The topological polar surface area (TPSA) is 93.7 Å². The van der Waals surface area contributed by atoms with Crippen LogP contribution in [0.5, 0.6) is 0 Å². The van der Waals surface area contributed by atoms with Crippen LogP contribution in [0.4, 0.5) is 4.79 Å².